The van der Waals surface area contributed by atoms with Gasteiger partial charge in [-0.1, -0.05) is 12.1 Å². The van der Waals surface area contributed by atoms with Crippen LogP contribution in [0.2, 0.25) is 0 Å². The number of carboxylic acids is 1. The molecule has 0 aliphatic heterocycles. The van der Waals surface area contributed by atoms with Crippen molar-refractivity contribution >= 4 is 5.97 Å². The van der Waals surface area contributed by atoms with Crippen molar-refractivity contribution in [2.75, 3.05) is 0 Å². The molecule has 0 saturated heterocycles. The van der Waals surface area contributed by atoms with E-state index in [1.807, 2.05) is 13.0 Å². The van der Waals surface area contributed by atoms with Gasteiger partial charge in [0.1, 0.15) is 5.82 Å². The lowest BCUT2D eigenvalue weighted by atomic mass is 9.89. The Labute approximate surface area is 143 Å². The summed E-state index contributed by atoms with van der Waals surface area (Å²) < 4.78 is 54.0. The quantitative estimate of drug-likeness (QED) is 0.741. The van der Waals surface area contributed by atoms with Gasteiger partial charge in [-0.05, 0) is 72.7 Å². The molecule has 0 radical (unpaired) electrons. The first kappa shape index (κ1) is 19.0. The fraction of sp³-hybridized carbons (Fsp3) is 0.316. The Hall–Kier alpha value is -2.37. The molecule has 0 amide bonds. The highest BCUT2D eigenvalue weighted by Gasteiger charge is 2.36. The van der Waals surface area contributed by atoms with Crippen molar-refractivity contribution in [3.8, 4) is 11.1 Å². The van der Waals surface area contributed by atoms with Crippen molar-refractivity contribution in [3.05, 3.63) is 57.9 Å². The largest absolute Gasteiger partial charge is 0.481 e. The van der Waals surface area contributed by atoms with Crippen LogP contribution in [0.5, 0.6) is 0 Å². The third kappa shape index (κ3) is 4.00. The summed E-state index contributed by atoms with van der Waals surface area (Å²) in [7, 11) is 0. The fourth-order valence-corrected chi connectivity index (χ4v) is 2.85. The van der Waals surface area contributed by atoms with Crippen LogP contribution in [0.1, 0.15) is 34.2 Å². The van der Waals surface area contributed by atoms with Crippen molar-refractivity contribution in [2.45, 2.75) is 39.8 Å². The predicted octanol–water partition coefficient (Wildman–Crippen LogP) is 5.45. The van der Waals surface area contributed by atoms with Crippen molar-refractivity contribution in [3.63, 3.8) is 0 Å². The minimum Gasteiger partial charge on any atom is -0.481 e. The lowest BCUT2D eigenvalue weighted by molar-refractivity contribution is -0.140. The maximum absolute atomic E-state index is 14.3. The molecule has 2 rings (SSSR count). The zero-order valence-corrected chi connectivity index (χ0v) is 14.1. The molecule has 0 fully saturated rings. The van der Waals surface area contributed by atoms with Crippen LogP contribution in [0, 0.1) is 26.6 Å². The summed E-state index contributed by atoms with van der Waals surface area (Å²) in [5.41, 5.74) is 1.73. The van der Waals surface area contributed by atoms with Crippen LogP contribution < -0.4 is 0 Å². The van der Waals surface area contributed by atoms with E-state index in [0.29, 0.717) is 5.56 Å². The lowest BCUT2D eigenvalue weighted by Gasteiger charge is -2.17. The molecule has 1 N–H and O–H groups in total. The van der Waals surface area contributed by atoms with E-state index >= 15 is 0 Å². The van der Waals surface area contributed by atoms with Crippen LogP contribution in [0.4, 0.5) is 17.6 Å². The smallest absolute Gasteiger partial charge is 0.419 e. The molecule has 134 valence electrons. The van der Waals surface area contributed by atoms with Crippen LogP contribution in [-0.4, -0.2) is 11.1 Å². The van der Waals surface area contributed by atoms with Crippen LogP contribution in [0.15, 0.2) is 24.3 Å². The second kappa shape index (κ2) is 6.86. The molecular weight excluding hydrogens is 336 g/mol. The van der Waals surface area contributed by atoms with Crippen molar-refractivity contribution in [1.82, 2.24) is 0 Å². The van der Waals surface area contributed by atoms with Crippen molar-refractivity contribution in [2.24, 2.45) is 0 Å². The molecule has 0 aliphatic rings. The van der Waals surface area contributed by atoms with E-state index in [1.54, 1.807) is 19.9 Å². The summed E-state index contributed by atoms with van der Waals surface area (Å²) in [5.74, 6) is -2.60. The molecule has 0 spiro atoms. The van der Waals surface area contributed by atoms with E-state index in [2.05, 4.69) is 0 Å². The van der Waals surface area contributed by atoms with Gasteiger partial charge >= 0.3 is 12.1 Å². The van der Waals surface area contributed by atoms with E-state index in [4.69, 9.17) is 5.11 Å². The van der Waals surface area contributed by atoms with Gasteiger partial charge in [0.15, 0.2) is 0 Å². The van der Waals surface area contributed by atoms with Gasteiger partial charge in [-0.25, -0.2) is 4.39 Å². The molecule has 25 heavy (non-hydrogen) atoms. The number of alkyl halides is 3. The number of hydrogen-bond acceptors (Lipinski definition) is 1. The zero-order valence-electron chi connectivity index (χ0n) is 14.1. The SMILES string of the molecule is Cc1ccc(C)c(-c2cc(CCC(=O)O)c(F)c(C(F)(F)F)c2)c1C. The van der Waals surface area contributed by atoms with Crippen LogP contribution >= 0.6 is 0 Å². The van der Waals surface area contributed by atoms with Gasteiger partial charge in [0.05, 0.1) is 5.56 Å². The molecule has 0 bridgehead atoms. The monoisotopic (exact) mass is 354 g/mol. The van der Waals surface area contributed by atoms with Gasteiger partial charge in [0, 0.05) is 6.42 Å². The second-order valence-corrected chi connectivity index (χ2v) is 6.09. The van der Waals surface area contributed by atoms with Crippen LogP contribution in [-0.2, 0) is 17.4 Å². The summed E-state index contributed by atoms with van der Waals surface area (Å²) in [6.07, 6.45) is -5.60. The Bertz CT molecular complexity index is 823. The van der Waals surface area contributed by atoms with Crippen LogP contribution in [0.3, 0.4) is 0 Å². The molecule has 2 nitrogen and oxygen atoms in total. The van der Waals surface area contributed by atoms with Gasteiger partial charge in [-0.3, -0.25) is 4.79 Å². The fourth-order valence-electron chi connectivity index (χ4n) is 2.85. The van der Waals surface area contributed by atoms with E-state index < -0.39 is 29.9 Å². The maximum Gasteiger partial charge on any atom is 0.419 e. The Balaban J connectivity index is 2.73. The molecule has 2 aromatic carbocycles. The summed E-state index contributed by atoms with van der Waals surface area (Å²) in [6, 6.07) is 5.79. The summed E-state index contributed by atoms with van der Waals surface area (Å²) in [4.78, 5) is 10.7. The molecule has 2 aromatic rings. The topological polar surface area (TPSA) is 37.3 Å². The number of rotatable bonds is 4. The molecule has 0 atom stereocenters. The average molecular weight is 354 g/mol. The molecule has 0 aliphatic carbocycles. The number of benzene rings is 2. The van der Waals surface area contributed by atoms with Gasteiger partial charge in [-0.2, -0.15) is 13.2 Å². The summed E-state index contributed by atoms with van der Waals surface area (Å²) >= 11 is 0. The Morgan fingerprint density at radius 2 is 1.68 bits per heavy atom. The van der Waals surface area contributed by atoms with E-state index in [1.165, 1.54) is 6.07 Å². The minimum absolute atomic E-state index is 0.243. The standard InChI is InChI=1S/C19H18F4O2/c1-10-4-5-11(2)17(12(10)3)14-8-13(6-7-16(24)25)18(20)15(9-14)19(21,22)23/h4-5,8-9H,6-7H2,1-3H3,(H,24,25). The van der Waals surface area contributed by atoms with Crippen molar-refractivity contribution in [1.29, 1.82) is 0 Å². The number of aryl methyl sites for hydroxylation is 3. The highest BCUT2D eigenvalue weighted by Crippen LogP contribution is 2.38. The first-order valence-corrected chi connectivity index (χ1v) is 7.71. The maximum atomic E-state index is 14.3. The molecule has 6 heteroatoms. The predicted molar refractivity (Wildman–Crippen MR) is 87.0 cm³/mol. The molecule has 0 heterocycles. The number of aliphatic carboxylic acids is 1. The Kier molecular flexibility index (Phi) is 5.20. The molecular formula is C19H18F4O2. The third-order valence-corrected chi connectivity index (χ3v) is 4.29. The minimum atomic E-state index is -4.86. The third-order valence-electron chi connectivity index (χ3n) is 4.29. The first-order chi connectivity index (χ1) is 11.5. The number of hydrogen-bond donors (Lipinski definition) is 1. The highest BCUT2D eigenvalue weighted by atomic mass is 19.4. The Morgan fingerprint density at radius 1 is 1.08 bits per heavy atom. The van der Waals surface area contributed by atoms with Gasteiger partial charge in [0.25, 0.3) is 0 Å². The summed E-state index contributed by atoms with van der Waals surface area (Å²) in [5, 5.41) is 8.76. The highest BCUT2D eigenvalue weighted by molar-refractivity contribution is 5.74. The van der Waals surface area contributed by atoms with E-state index in [0.717, 1.165) is 22.8 Å². The van der Waals surface area contributed by atoms with Crippen molar-refractivity contribution < 1.29 is 27.5 Å². The number of carboxylic acid groups (broad SMARTS) is 1. The zero-order chi connectivity index (χ0) is 18.9. The average Bonchev–Trinajstić information content (AvgIpc) is 2.50. The van der Waals surface area contributed by atoms with E-state index in [9.17, 15) is 22.4 Å². The normalized spacial score (nSPS) is 11.6. The Morgan fingerprint density at radius 3 is 2.24 bits per heavy atom. The first-order valence-electron chi connectivity index (χ1n) is 7.71. The molecule has 0 aromatic heterocycles. The second-order valence-electron chi connectivity index (χ2n) is 6.09. The molecule has 0 unspecified atom stereocenters. The summed E-state index contributed by atoms with van der Waals surface area (Å²) in [6.45, 7) is 5.42. The van der Waals surface area contributed by atoms with Gasteiger partial charge in [-0.15, -0.1) is 0 Å². The van der Waals surface area contributed by atoms with Gasteiger partial charge in [0.2, 0.25) is 0 Å². The molecule has 0 saturated carbocycles. The van der Waals surface area contributed by atoms with Gasteiger partial charge < -0.3 is 5.11 Å². The number of halogens is 4. The van der Waals surface area contributed by atoms with Crippen LogP contribution in [0.25, 0.3) is 11.1 Å². The number of carbonyl (C=O) groups is 1. The van der Waals surface area contributed by atoms with E-state index in [-0.39, 0.29) is 17.5 Å². The lowest BCUT2D eigenvalue weighted by Crippen LogP contribution is -2.12.